The summed E-state index contributed by atoms with van der Waals surface area (Å²) in [6.07, 6.45) is 3.43. The zero-order valence-corrected chi connectivity index (χ0v) is 13.7. The molecule has 0 unspecified atom stereocenters. The standard InChI is InChI=1S/C17H21N5/c1-11-6-7-14(12(2)8-11)13(3)21(4)16-15-9-20-22(5)17(15)19-10-18-16/h6-10,13H,1-5H3/t13-/m1/s1. The number of benzene rings is 1. The Bertz CT molecular complexity index is 821. The molecule has 2 heterocycles. The van der Waals surface area contributed by atoms with Gasteiger partial charge in [0.1, 0.15) is 12.1 Å². The molecule has 2 aromatic heterocycles. The van der Waals surface area contributed by atoms with Crippen LogP contribution in [0.25, 0.3) is 11.0 Å². The van der Waals surface area contributed by atoms with E-state index in [0.717, 1.165) is 16.9 Å². The van der Waals surface area contributed by atoms with Gasteiger partial charge in [-0.05, 0) is 31.9 Å². The molecule has 5 nitrogen and oxygen atoms in total. The van der Waals surface area contributed by atoms with E-state index >= 15 is 0 Å². The Labute approximate surface area is 130 Å². The maximum Gasteiger partial charge on any atom is 0.163 e. The summed E-state index contributed by atoms with van der Waals surface area (Å²) in [6.45, 7) is 6.48. The first kappa shape index (κ1) is 14.5. The second-order valence-corrected chi connectivity index (χ2v) is 5.85. The van der Waals surface area contributed by atoms with Crippen molar-refractivity contribution in [2.24, 2.45) is 7.05 Å². The van der Waals surface area contributed by atoms with E-state index in [1.807, 2.05) is 13.2 Å². The van der Waals surface area contributed by atoms with Crippen molar-refractivity contribution < 1.29 is 0 Å². The third-order valence-corrected chi connectivity index (χ3v) is 4.30. The van der Waals surface area contributed by atoms with Crippen molar-refractivity contribution in [1.29, 1.82) is 0 Å². The van der Waals surface area contributed by atoms with Crippen LogP contribution >= 0.6 is 0 Å². The van der Waals surface area contributed by atoms with Crippen LogP contribution in [0.4, 0.5) is 5.82 Å². The van der Waals surface area contributed by atoms with E-state index in [-0.39, 0.29) is 6.04 Å². The van der Waals surface area contributed by atoms with Gasteiger partial charge in [-0.2, -0.15) is 5.10 Å². The zero-order valence-electron chi connectivity index (χ0n) is 13.7. The van der Waals surface area contributed by atoms with Crippen LogP contribution in [0.1, 0.15) is 29.7 Å². The Morgan fingerprint density at radius 1 is 1.18 bits per heavy atom. The summed E-state index contributed by atoms with van der Waals surface area (Å²) in [5.74, 6) is 0.908. The fourth-order valence-electron chi connectivity index (χ4n) is 2.92. The normalized spacial score (nSPS) is 12.6. The van der Waals surface area contributed by atoms with Crippen molar-refractivity contribution in [3.8, 4) is 0 Å². The molecule has 0 fully saturated rings. The molecule has 0 aliphatic rings. The molecule has 0 N–H and O–H groups in total. The number of fused-ring (bicyclic) bond motifs is 1. The predicted octanol–water partition coefficient (Wildman–Crippen LogP) is 3.18. The number of nitrogens with zero attached hydrogens (tertiary/aromatic N) is 5. The first-order valence-electron chi connectivity index (χ1n) is 7.41. The SMILES string of the molecule is Cc1ccc([C@@H](C)N(C)c2ncnc3c2cnn3C)c(C)c1. The molecule has 0 spiro atoms. The second-order valence-electron chi connectivity index (χ2n) is 5.85. The minimum Gasteiger partial charge on any atom is -0.352 e. The topological polar surface area (TPSA) is 46.8 Å². The molecule has 1 aromatic carbocycles. The summed E-state index contributed by atoms with van der Waals surface area (Å²) >= 11 is 0. The van der Waals surface area contributed by atoms with Crippen molar-refractivity contribution in [3.05, 3.63) is 47.4 Å². The maximum absolute atomic E-state index is 4.48. The van der Waals surface area contributed by atoms with E-state index < -0.39 is 0 Å². The summed E-state index contributed by atoms with van der Waals surface area (Å²) < 4.78 is 1.77. The van der Waals surface area contributed by atoms with Crippen molar-refractivity contribution in [3.63, 3.8) is 0 Å². The Morgan fingerprint density at radius 2 is 1.95 bits per heavy atom. The van der Waals surface area contributed by atoms with Crippen LogP contribution in [0, 0.1) is 13.8 Å². The van der Waals surface area contributed by atoms with Crippen LogP contribution in [-0.4, -0.2) is 26.8 Å². The molecular formula is C17H21N5. The van der Waals surface area contributed by atoms with Gasteiger partial charge >= 0.3 is 0 Å². The Balaban J connectivity index is 2.03. The number of aromatic nitrogens is 4. The molecular weight excluding hydrogens is 274 g/mol. The molecule has 3 rings (SSSR count). The second kappa shape index (κ2) is 5.40. The van der Waals surface area contributed by atoms with Crippen LogP contribution in [-0.2, 0) is 7.05 Å². The van der Waals surface area contributed by atoms with Crippen LogP contribution in [0.2, 0.25) is 0 Å². The quantitative estimate of drug-likeness (QED) is 0.744. The molecule has 22 heavy (non-hydrogen) atoms. The summed E-state index contributed by atoms with van der Waals surface area (Å²) in [5.41, 5.74) is 4.75. The fraction of sp³-hybridized carbons (Fsp3) is 0.353. The number of rotatable bonds is 3. The van der Waals surface area contributed by atoms with Crippen molar-refractivity contribution in [2.75, 3.05) is 11.9 Å². The smallest absolute Gasteiger partial charge is 0.163 e. The highest BCUT2D eigenvalue weighted by atomic mass is 15.3. The molecule has 0 radical (unpaired) electrons. The van der Waals surface area contributed by atoms with Gasteiger partial charge in [-0.25, -0.2) is 9.97 Å². The minimum absolute atomic E-state index is 0.221. The number of aryl methyl sites for hydroxylation is 3. The first-order chi connectivity index (χ1) is 10.5. The summed E-state index contributed by atoms with van der Waals surface area (Å²) in [6, 6.07) is 6.80. The Kier molecular flexibility index (Phi) is 3.56. The lowest BCUT2D eigenvalue weighted by atomic mass is 9.99. The van der Waals surface area contributed by atoms with E-state index in [4.69, 9.17) is 0 Å². The monoisotopic (exact) mass is 295 g/mol. The van der Waals surface area contributed by atoms with Crippen LogP contribution in [0.15, 0.2) is 30.7 Å². The van der Waals surface area contributed by atoms with Crippen LogP contribution in [0.3, 0.4) is 0 Å². The van der Waals surface area contributed by atoms with Gasteiger partial charge in [0.15, 0.2) is 5.65 Å². The number of anilines is 1. The van der Waals surface area contributed by atoms with Gasteiger partial charge in [0, 0.05) is 14.1 Å². The lowest BCUT2D eigenvalue weighted by Gasteiger charge is -2.28. The Morgan fingerprint density at radius 3 is 2.68 bits per heavy atom. The van der Waals surface area contributed by atoms with Crippen molar-refractivity contribution in [1.82, 2.24) is 19.7 Å². The molecule has 0 saturated carbocycles. The lowest BCUT2D eigenvalue weighted by Crippen LogP contribution is -2.23. The van der Waals surface area contributed by atoms with E-state index in [0.29, 0.717) is 0 Å². The lowest BCUT2D eigenvalue weighted by molar-refractivity contribution is 0.725. The van der Waals surface area contributed by atoms with E-state index in [9.17, 15) is 0 Å². The summed E-state index contributed by atoms with van der Waals surface area (Å²) in [5, 5.41) is 5.26. The van der Waals surface area contributed by atoms with Crippen LogP contribution < -0.4 is 4.90 Å². The van der Waals surface area contributed by atoms with Gasteiger partial charge in [-0.1, -0.05) is 23.8 Å². The number of hydrogen-bond acceptors (Lipinski definition) is 4. The number of hydrogen-bond donors (Lipinski definition) is 0. The molecule has 3 aromatic rings. The van der Waals surface area contributed by atoms with E-state index in [1.165, 1.54) is 16.7 Å². The van der Waals surface area contributed by atoms with Gasteiger partial charge in [-0.15, -0.1) is 0 Å². The molecule has 5 heteroatoms. The molecule has 0 amide bonds. The molecule has 114 valence electrons. The molecule has 0 aliphatic carbocycles. The Hall–Kier alpha value is -2.43. The summed E-state index contributed by atoms with van der Waals surface area (Å²) in [7, 11) is 3.96. The van der Waals surface area contributed by atoms with Gasteiger partial charge in [0.05, 0.1) is 17.6 Å². The molecule has 0 aliphatic heterocycles. The van der Waals surface area contributed by atoms with Crippen LogP contribution in [0.5, 0.6) is 0 Å². The highest BCUT2D eigenvalue weighted by molar-refractivity contribution is 5.86. The van der Waals surface area contributed by atoms with Crippen molar-refractivity contribution >= 4 is 16.9 Å². The molecule has 0 saturated heterocycles. The minimum atomic E-state index is 0.221. The largest absolute Gasteiger partial charge is 0.352 e. The third-order valence-electron chi connectivity index (χ3n) is 4.30. The molecule has 1 atom stereocenters. The van der Waals surface area contributed by atoms with E-state index in [2.05, 4.69) is 66.0 Å². The maximum atomic E-state index is 4.48. The van der Waals surface area contributed by atoms with Gasteiger partial charge in [0.2, 0.25) is 0 Å². The first-order valence-corrected chi connectivity index (χ1v) is 7.41. The predicted molar refractivity (Wildman–Crippen MR) is 89.0 cm³/mol. The zero-order chi connectivity index (χ0) is 15.9. The highest BCUT2D eigenvalue weighted by Crippen LogP contribution is 2.30. The fourth-order valence-corrected chi connectivity index (χ4v) is 2.92. The highest BCUT2D eigenvalue weighted by Gasteiger charge is 2.19. The van der Waals surface area contributed by atoms with Gasteiger partial charge in [0.25, 0.3) is 0 Å². The average molecular weight is 295 g/mol. The van der Waals surface area contributed by atoms with Gasteiger partial charge in [-0.3, -0.25) is 4.68 Å². The van der Waals surface area contributed by atoms with E-state index in [1.54, 1.807) is 11.0 Å². The molecule has 0 bridgehead atoms. The third kappa shape index (κ3) is 2.32. The summed E-state index contributed by atoms with van der Waals surface area (Å²) in [4.78, 5) is 11.0. The van der Waals surface area contributed by atoms with Crippen molar-refractivity contribution in [2.45, 2.75) is 26.8 Å². The van der Waals surface area contributed by atoms with Gasteiger partial charge < -0.3 is 4.90 Å². The average Bonchev–Trinajstić information content (AvgIpc) is 2.87.